The third-order valence-corrected chi connectivity index (χ3v) is 9.87. The Hall–Kier alpha value is -2.28. The van der Waals surface area contributed by atoms with Crippen LogP contribution in [0.5, 0.6) is 0 Å². The quantitative estimate of drug-likeness (QED) is 0.241. The van der Waals surface area contributed by atoms with Crippen molar-refractivity contribution >= 4 is 52.2 Å². The molecule has 2 aliphatic rings. The number of aryl methyl sites for hydroxylation is 1. The number of carbonyl (C=O) groups excluding carboxylic acids is 1. The van der Waals surface area contributed by atoms with Gasteiger partial charge in [0, 0.05) is 63.7 Å². The first-order valence-corrected chi connectivity index (χ1v) is 15.5. The number of aromatic nitrogens is 1. The molecule has 1 saturated heterocycles. The molecule has 1 aliphatic carbocycles. The molecule has 3 unspecified atom stereocenters. The van der Waals surface area contributed by atoms with Crippen molar-refractivity contribution in [2.45, 2.75) is 36.7 Å². The number of H-pyrrole nitrogens is 1. The molecule has 6 rings (SSSR count). The Morgan fingerprint density at radius 1 is 1.03 bits per heavy atom. The number of carbonyl (C=O) groups is 1. The van der Waals surface area contributed by atoms with Gasteiger partial charge in [-0.25, -0.2) is 0 Å². The zero-order chi connectivity index (χ0) is 27.0. The first-order chi connectivity index (χ1) is 19.0. The fourth-order valence-electron chi connectivity index (χ4n) is 6.49. The molecular weight excluding hydrogens is 547 g/mol. The molecule has 3 atom stereocenters. The van der Waals surface area contributed by atoms with Crippen molar-refractivity contribution in [1.29, 1.82) is 0 Å². The Bertz CT molecular complexity index is 1460. The molecule has 0 spiro atoms. The molecule has 0 radical (unpaired) electrons. The molecule has 7 heteroatoms. The van der Waals surface area contributed by atoms with Crippen LogP contribution in [0.15, 0.2) is 66.7 Å². The summed E-state index contributed by atoms with van der Waals surface area (Å²) in [7, 11) is 0. The van der Waals surface area contributed by atoms with Crippen LogP contribution in [-0.4, -0.2) is 58.5 Å². The fraction of sp³-hybridized carbons (Fsp3) is 0.344. The van der Waals surface area contributed by atoms with E-state index in [9.17, 15) is 9.90 Å². The van der Waals surface area contributed by atoms with E-state index in [1.807, 2.05) is 54.2 Å². The largest absolute Gasteiger partial charge is 0.391 e. The summed E-state index contributed by atoms with van der Waals surface area (Å²) >= 11 is 14.6. The molecule has 202 valence electrons. The van der Waals surface area contributed by atoms with Crippen LogP contribution in [0.1, 0.15) is 40.3 Å². The standard InChI is InChI=1S/C32H32Cl2N2O2S/c33-24-7-5-23(6-8-24)32(20-37)12-11-27-28-18-25(34)9-10-29(28)35-31(27)30(32)22-3-1-21(2-4-22)17-26(38)19-36-13-15-39-16-14-36/h1-10,18,20,26,30,35,38H,11-17,19H2. The number of benzene rings is 3. The van der Waals surface area contributed by atoms with Gasteiger partial charge in [-0.05, 0) is 71.8 Å². The molecular formula is C32H32Cl2N2O2S. The number of aliphatic hydroxyl groups excluding tert-OH is 1. The summed E-state index contributed by atoms with van der Waals surface area (Å²) in [6, 6.07) is 22.1. The van der Waals surface area contributed by atoms with Crippen LogP contribution in [0, 0.1) is 0 Å². The van der Waals surface area contributed by atoms with Crippen LogP contribution in [0.3, 0.4) is 0 Å². The molecule has 1 aliphatic heterocycles. The predicted octanol–water partition coefficient (Wildman–Crippen LogP) is 6.64. The Balaban J connectivity index is 1.37. The van der Waals surface area contributed by atoms with Crippen molar-refractivity contribution in [2.24, 2.45) is 0 Å². The summed E-state index contributed by atoms with van der Waals surface area (Å²) in [6.45, 7) is 2.79. The van der Waals surface area contributed by atoms with E-state index in [1.54, 1.807) is 0 Å². The number of halogens is 2. The van der Waals surface area contributed by atoms with Gasteiger partial charge in [0.05, 0.1) is 11.5 Å². The van der Waals surface area contributed by atoms with E-state index in [-0.39, 0.29) is 5.92 Å². The average molecular weight is 580 g/mol. The number of fused-ring (bicyclic) bond motifs is 3. The second-order valence-corrected chi connectivity index (χ2v) is 12.9. The number of nitrogens with zero attached hydrogens (tertiary/aromatic N) is 1. The van der Waals surface area contributed by atoms with Gasteiger partial charge in [-0.15, -0.1) is 0 Å². The molecule has 39 heavy (non-hydrogen) atoms. The van der Waals surface area contributed by atoms with Gasteiger partial charge in [0.1, 0.15) is 6.29 Å². The topological polar surface area (TPSA) is 56.3 Å². The monoisotopic (exact) mass is 578 g/mol. The minimum Gasteiger partial charge on any atom is -0.391 e. The van der Waals surface area contributed by atoms with Gasteiger partial charge in [-0.2, -0.15) is 11.8 Å². The van der Waals surface area contributed by atoms with Crippen molar-refractivity contribution in [3.63, 3.8) is 0 Å². The number of hydrogen-bond acceptors (Lipinski definition) is 4. The van der Waals surface area contributed by atoms with E-state index >= 15 is 0 Å². The molecule has 0 saturated carbocycles. The number of nitrogens with one attached hydrogen (secondary N) is 1. The van der Waals surface area contributed by atoms with E-state index in [1.165, 1.54) is 5.56 Å². The van der Waals surface area contributed by atoms with Crippen LogP contribution in [0.4, 0.5) is 0 Å². The van der Waals surface area contributed by atoms with Gasteiger partial charge < -0.3 is 14.9 Å². The van der Waals surface area contributed by atoms with Crippen LogP contribution in [0.25, 0.3) is 10.9 Å². The van der Waals surface area contributed by atoms with Gasteiger partial charge in [0.2, 0.25) is 0 Å². The first kappa shape index (κ1) is 26.9. The Morgan fingerprint density at radius 2 is 1.74 bits per heavy atom. The zero-order valence-electron chi connectivity index (χ0n) is 21.7. The number of rotatable bonds is 7. The smallest absolute Gasteiger partial charge is 0.131 e. The summed E-state index contributed by atoms with van der Waals surface area (Å²) in [4.78, 5) is 19.1. The molecule has 3 aromatic carbocycles. The van der Waals surface area contributed by atoms with E-state index < -0.39 is 11.5 Å². The van der Waals surface area contributed by atoms with E-state index in [0.717, 1.165) is 70.6 Å². The highest BCUT2D eigenvalue weighted by atomic mass is 35.5. The highest BCUT2D eigenvalue weighted by molar-refractivity contribution is 7.99. The normalized spacial score (nSPS) is 22.5. The summed E-state index contributed by atoms with van der Waals surface area (Å²) < 4.78 is 0. The first-order valence-electron chi connectivity index (χ1n) is 13.6. The maximum atomic E-state index is 13.1. The number of hydrogen-bond donors (Lipinski definition) is 2. The maximum Gasteiger partial charge on any atom is 0.131 e. The molecule has 2 N–H and O–H groups in total. The summed E-state index contributed by atoms with van der Waals surface area (Å²) in [5.41, 5.74) is 5.72. The van der Waals surface area contributed by atoms with Crippen molar-refractivity contribution in [1.82, 2.24) is 9.88 Å². The summed E-state index contributed by atoms with van der Waals surface area (Å²) in [5, 5.41) is 13.3. The SMILES string of the molecule is O=CC1(c2ccc(Cl)cc2)CCc2c([nH]c3ccc(Cl)cc23)C1c1ccc(CC(O)CN2CCSCC2)cc1. The van der Waals surface area contributed by atoms with Crippen molar-refractivity contribution in [2.75, 3.05) is 31.1 Å². The number of aldehydes is 1. The second kappa shape index (κ2) is 11.3. The summed E-state index contributed by atoms with van der Waals surface area (Å²) in [6.07, 6.45) is 2.80. The zero-order valence-corrected chi connectivity index (χ0v) is 24.0. The Kier molecular flexibility index (Phi) is 7.80. The molecule has 4 aromatic rings. The van der Waals surface area contributed by atoms with Crippen LogP contribution >= 0.6 is 35.0 Å². The maximum absolute atomic E-state index is 13.1. The minimum atomic E-state index is -0.741. The molecule has 0 amide bonds. The van der Waals surface area contributed by atoms with E-state index in [4.69, 9.17) is 23.2 Å². The van der Waals surface area contributed by atoms with Crippen molar-refractivity contribution in [3.8, 4) is 0 Å². The van der Waals surface area contributed by atoms with Crippen molar-refractivity contribution in [3.05, 3.63) is 105 Å². The lowest BCUT2D eigenvalue weighted by Gasteiger charge is -2.41. The minimum absolute atomic E-state index is 0.198. The van der Waals surface area contributed by atoms with E-state index in [2.05, 4.69) is 34.1 Å². The third kappa shape index (κ3) is 5.28. The van der Waals surface area contributed by atoms with Gasteiger partial charge >= 0.3 is 0 Å². The number of aromatic amines is 1. The Morgan fingerprint density at radius 3 is 2.46 bits per heavy atom. The fourth-order valence-corrected chi connectivity index (χ4v) is 7.76. The lowest BCUT2D eigenvalue weighted by molar-refractivity contribution is -0.113. The van der Waals surface area contributed by atoms with Gasteiger partial charge in [0.25, 0.3) is 0 Å². The number of aliphatic hydroxyl groups is 1. The highest BCUT2D eigenvalue weighted by Crippen LogP contribution is 2.51. The van der Waals surface area contributed by atoms with Gasteiger partial charge in [-0.3, -0.25) is 4.90 Å². The third-order valence-electron chi connectivity index (χ3n) is 8.44. The molecule has 1 fully saturated rings. The molecule has 2 heterocycles. The number of thioether (sulfide) groups is 1. The molecule has 0 bridgehead atoms. The van der Waals surface area contributed by atoms with Crippen LogP contribution in [0.2, 0.25) is 10.0 Å². The molecule has 1 aromatic heterocycles. The predicted molar refractivity (Wildman–Crippen MR) is 163 cm³/mol. The summed E-state index contributed by atoms with van der Waals surface area (Å²) in [5.74, 6) is 2.07. The highest BCUT2D eigenvalue weighted by Gasteiger charge is 2.47. The van der Waals surface area contributed by atoms with Gasteiger partial charge in [-0.1, -0.05) is 59.6 Å². The second-order valence-electron chi connectivity index (χ2n) is 10.8. The average Bonchev–Trinajstić information content (AvgIpc) is 3.31. The Labute approximate surface area is 243 Å². The lowest BCUT2D eigenvalue weighted by atomic mass is 9.61. The van der Waals surface area contributed by atoms with Crippen molar-refractivity contribution < 1.29 is 9.90 Å². The lowest BCUT2D eigenvalue weighted by Crippen LogP contribution is -2.40. The van der Waals surface area contributed by atoms with E-state index in [0.29, 0.717) is 29.4 Å². The van der Waals surface area contributed by atoms with Gasteiger partial charge in [0.15, 0.2) is 0 Å². The van der Waals surface area contributed by atoms with Crippen LogP contribution in [-0.2, 0) is 23.1 Å². The van der Waals surface area contributed by atoms with Crippen LogP contribution < -0.4 is 0 Å². The molecule has 4 nitrogen and oxygen atoms in total. The number of β-amino-alcohol motifs (C(OH)–C–C–N with tert-alkyl or cyclic N) is 1.